The van der Waals surface area contributed by atoms with E-state index in [9.17, 15) is 9.90 Å². The van der Waals surface area contributed by atoms with Crippen molar-refractivity contribution in [3.63, 3.8) is 0 Å². The number of aliphatic hydroxyl groups excluding tert-OH is 1. The van der Waals surface area contributed by atoms with Gasteiger partial charge in [-0.25, -0.2) is 9.67 Å². The zero-order valence-electron chi connectivity index (χ0n) is 17.4. The van der Waals surface area contributed by atoms with E-state index >= 15 is 0 Å². The quantitative estimate of drug-likeness (QED) is 0.706. The van der Waals surface area contributed by atoms with E-state index in [1.54, 1.807) is 4.90 Å². The van der Waals surface area contributed by atoms with Crippen LogP contribution in [0, 0.1) is 13.8 Å². The first-order chi connectivity index (χ1) is 14.5. The van der Waals surface area contributed by atoms with E-state index in [0.29, 0.717) is 13.1 Å². The second-order valence-corrected chi connectivity index (χ2v) is 7.79. The van der Waals surface area contributed by atoms with Crippen LogP contribution in [-0.4, -0.2) is 56.9 Å². The van der Waals surface area contributed by atoms with Crippen LogP contribution < -0.4 is 4.90 Å². The summed E-state index contributed by atoms with van der Waals surface area (Å²) in [7, 11) is 0. The van der Waals surface area contributed by atoms with Crippen molar-refractivity contribution in [2.45, 2.75) is 26.5 Å². The second kappa shape index (κ2) is 8.67. The number of carbonyl (C=O) groups is 1. The summed E-state index contributed by atoms with van der Waals surface area (Å²) in [6, 6.07) is 15.9. The van der Waals surface area contributed by atoms with Crippen LogP contribution in [0.1, 0.15) is 33.4 Å². The van der Waals surface area contributed by atoms with Crippen molar-refractivity contribution in [1.29, 1.82) is 0 Å². The number of aromatic nitrogens is 3. The average molecular weight is 406 g/mol. The summed E-state index contributed by atoms with van der Waals surface area (Å²) >= 11 is 0. The van der Waals surface area contributed by atoms with Gasteiger partial charge in [0, 0.05) is 31.9 Å². The normalized spacial score (nSPS) is 15.3. The summed E-state index contributed by atoms with van der Waals surface area (Å²) in [5.74, 6) is 0.0125. The molecule has 3 aromatic rings. The third-order valence-electron chi connectivity index (χ3n) is 5.53. The van der Waals surface area contributed by atoms with Crippen LogP contribution in [0.5, 0.6) is 0 Å². The van der Waals surface area contributed by atoms with Crippen molar-refractivity contribution >= 4 is 11.6 Å². The Morgan fingerprint density at radius 3 is 2.50 bits per heavy atom. The number of carbonyl (C=O) groups excluding carboxylic acids is 1. The van der Waals surface area contributed by atoms with Gasteiger partial charge in [0.25, 0.3) is 5.91 Å². The van der Waals surface area contributed by atoms with Gasteiger partial charge in [0.2, 0.25) is 5.82 Å². The highest BCUT2D eigenvalue weighted by atomic mass is 16.3. The molecule has 1 saturated heterocycles. The highest BCUT2D eigenvalue weighted by molar-refractivity contribution is 5.90. The molecule has 1 unspecified atom stereocenters. The molecule has 2 heterocycles. The Labute approximate surface area is 176 Å². The van der Waals surface area contributed by atoms with Crippen molar-refractivity contribution in [3.8, 4) is 0 Å². The number of aryl methyl sites for hydroxylation is 2. The number of rotatable bonds is 5. The highest BCUT2D eigenvalue weighted by Crippen LogP contribution is 2.23. The van der Waals surface area contributed by atoms with Crippen LogP contribution >= 0.6 is 0 Å². The molecule has 0 radical (unpaired) electrons. The summed E-state index contributed by atoms with van der Waals surface area (Å²) in [5, 5.41) is 14.7. The summed E-state index contributed by atoms with van der Waals surface area (Å²) in [6.45, 7) is 7.30. The zero-order valence-corrected chi connectivity index (χ0v) is 17.4. The van der Waals surface area contributed by atoms with E-state index < -0.39 is 6.10 Å². The molecule has 7 nitrogen and oxygen atoms in total. The third-order valence-corrected chi connectivity index (χ3v) is 5.53. The molecule has 1 aliphatic heterocycles. The topological polar surface area (TPSA) is 74.5 Å². The molecule has 0 bridgehead atoms. The van der Waals surface area contributed by atoms with E-state index in [0.717, 1.165) is 18.7 Å². The van der Waals surface area contributed by atoms with Gasteiger partial charge in [-0.1, -0.05) is 48.0 Å². The fourth-order valence-electron chi connectivity index (χ4n) is 3.89. The van der Waals surface area contributed by atoms with Gasteiger partial charge in [0.1, 0.15) is 6.33 Å². The molecule has 1 atom stereocenters. The fourth-order valence-corrected chi connectivity index (χ4v) is 3.89. The van der Waals surface area contributed by atoms with E-state index in [1.807, 2.05) is 30.3 Å². The predicted octanol–water partition coefficient (Wildman–Crippen LogP) is 2.59. The number of benzene rings is 2. The Hall–Kier alpha value is -3.19. The van der Waals surface area contributed by atoms with Crippen LogP contribution in [0.25, 0.3) is 0 Å². The molecule has 1 aromatic heterocycles. The third kappa shape index (κ3) is 4.36. The molecule has 0 saturated carbocycles. The molecule has 1 amide bonds. The van der Waals surface area contributed by atoms with Crippen molar-refractivity contribution in [3.05, 3.63) is 77.4 Å². The zero-order chi connectivity index (χ0) is 21.1. The average Bonchev–Trinajstić information content (AvgIpc) is 3.22. The second-order valence-electron chi connectivity index (χ2n) is 7.79. The fraction of sp³-hybridized carbons (Fsp3) is 0.348. The molecule has 7 heteroatoms. The van der Waals surface area contributed by atoms with Crippen molar-refractivity contribution in [2.75, 3.05) is 31.1 Å². The van der Waals surface area contributed by atoms with Crippen LogP contribution in [0.15, 0.2) is 54.9 Å². The van der Waals surface area contributed by atoms with Crippen molar-refractivity contribution in [2.24, 2.45) is 0 Å². The van der Waals surface area contributed by atoms with E-state index in [2.05, 4.69) is 47.0 Å². The first-order valence-electron chi connectivity index (χ1n) is 10.2. The predicted molar refractivity (Wildman–Crippen MR) is 115 cm³/mol. The van der Waals surface area contributed by atoms with Gasteiger partial charge < -0.3 is 14.9 Å². The molecular weight excluding hydrogens is 378 g/mol. The number of anilines is 1. The molecule has 30 heavy (non-hydrogen) atoms. The largest absolute Gasteiger partial charge is 0.386 e. The molecule has 1 N–H and O–H groups in total. The Balaban J connectivity index is 1.35. The Morgan fingerprint density at radius 2 is 1.80 bits per heavy atom. The van der Waals surface area contributed by atoms with Gasteiger partial charge in [-0.3, -0.25) is 4.79 Å². The lowest BCUT2D eigenvalue weighted by molar-refractivity contribution is 0.0733. The number of hydrogen-bond donors (Lipinski definition) is 1. The smallest absolute Gasteiger partial charge is 0.293 e. The van der Waals surface area contributed by atoms with Gasteiger partial charge in [-0.15, -0.1) is 5.10 Å². The minimum absolute atomic E-state index is 0.164. The van der Waals surface area contributed by atoms with Gasteiger partial charge in [-0.2, -0.15) is 0 Å². The van der Waals surface area contributed by atoms with Gasteiger partial charge in [0.15, 0.2) is 0 Å². The molecule has 0 aliphatic carbocycles. The summed E-state index contributed by atoms with van der Waals surface area (Å²) in [5.41, 5.74) is 4.55. The van der Waals surface area contributed by atoms with Gasteiger partial charge in [-0.05, 0) is 31.0 Å². The molecular formula is C23H27N5O2. The van der Waals surface area contributed by atoms with Crippen LogP contribution in [0.2, 0.25) is 0 Å². The number of nitrogens with zero attached hydrogens (tertiary/aromatic N) is 5. The Kier molecular flexibility index (Phi) is 5.81. The lowest BCUT2D eigenvalue weighted by Crippen LogP contribution is -2.49. The maximum absolute atomic E-state index is 12.8. The van der Waals surface area contributed by atoms with Crippen LogP contribution in [-0.2, 0) is 6.54 Å². The first-order valence-corrected chi connectivity index (χ1v) is 10.2. The monoisotopic (exact) mass is 405 g/mol. The van der Waals surface area contributed by atoms with Crippen LogP contribution in [0.4, 0.5) is 5.69 Å². The molecule has 4 rings (SSSR count). The molecule has 0 spiro atoms. The van der Waals surface area contributed by atoms with Crippen LogP contribution in [0.3, 0.4) is 0 Å². The summed E-state index contributed by atoms with van der Waals surface area (Å²) in [4.78, 5) is 21.1. The van der Waals surface area contributed by atoms with E-state index in [4.69, 9.17) is 0 Å². The van der Waals surface area contributed by atoms with E-state index in [-0.39, 0.29) is 18.3 Å². The standard InChI is InChI=1S/C23H27N5O2/c1-17-8-9-20(18(2)14-17)26-10-12-27(13-11-26)23(30)22-24-16-28(25-22)15-21(29)19-6-4-3-5-7-19/h3-9,14,16,21,29H,10-13,15H2,1-2H3. The molecule has 1 aliphatic rings. The number of aliphatic hydroxyl groups is 1. The lowest BCUT2D eigenvalue weighted by atomic mass is 10.1. The van der Waals surface area contributed by atoms with Gasteiger partial charge in [0.05, 0.1) is 12.6 Å². The van der Waals surface area contributed by atoms with Crippen molar-refractivity contribution < 1.29 is 9.90 Å². The lowest BCUT2D eigenvalue weighted by Gasteiger charge is -2.36. The SMILES string of the molecule is Cc1ccc(N2CCN(C(=O)c3ncn(CC(O)c4ccccc4)n3)CC2)c(C)c1. The number of hydrogen-bond acceptors (Lipinski definition) is 5. The minimum Gasteiger partial charge on any atom is -0.386 e. The van der Waals surface area contributed by atoms with Gasteiger partial charge >= 0.3 is 0 Å². The first kappa shape index (κ1) is 20.1. The highest BCUT2D eigenvalue weighted by Gasteiger charge is 2.25. The maximum atomic E-state index is 12.8. The molecule has 1 fully saturated rings. The minimum atomic E-state index is -0.697. The Morgan fingerprint density at radius 1 is 1.07 bits per heavy atom. The Bertz CT molecular complexity index is 1010. The molecule has 2 aromatic carbocycles. The number of piperazine rings is 1. The van der Waals surface area contributed by atoms with E-state index in [1.165, 1.54) is 27.8 Å². The maximum Gasteiger partial charge on any atom is 0.293 e. The summed E-state index contributed by atoms with van der Waals surface area (Å²) < 4.78 is 1.52. The summed E-state index contributed by atoms with van der Waals surface area (Å²) in [6.07, 6.45) is 0.808. The van der Waals surface area contributed by atoms with Crippen molar-refractivity contribution in [1.82, 2.24) is 19.7 Å². The number of amides is 1. The molecule has 156 valence electrons.